The van der Waals surface area contributed by atoms with Gasteiger partial charge in [0.25, 0.3) is 0 Å². The number of methoxy groups -OCH3 is 1. The van der Waals surface area contributed by atoms with E-state index in [1.54, 1.807) is 7.11 Å². The molecule has 0 atom stereocenters. The maximum Gasteiger partial charge on any atom is 0.225 e. The largest absolute Gasteiger partial charge is 0.496 e. The second-order valence-corrected chi connectivity index (χ2v) is 7.93. The van der Waals surface area contributed by atoms with Crippen molar-refractivity contribution in [1.82, 2.24) is 19.4 Å². The van der Waals surface area contributed by atoms with E-state index in [9.17, 15) is 4.79 Å². The molecule has 0 saturated carbocycles. The Bertz CT molecular complexity index is 824. The van der Waals surface area contributed by atoms with E-state index in [1.165, 1.54) is 11.1 Å². The molecule has 150 valence electrons. The van der Waals surface area contributed by atoms with Crippen molar-refractivity contribution in [3.8, 4) is 5.75 Å². The Kier molecular flexibility index (Phi) is 5.67. The summed E-state index contributed by atoms with van der Waals surface area (Å²) >= 11 is 0. The van der Waals surface area contributed by atoms with E-state index in [2.05, 4.69) is 25.4 Å². The molecule has 1 saturated heterocycles. The Morgan fingerprint density at radius 1 is 1.18 bits per heavy atom. The standard InChI is InChI=1S/C22H30N4O2/c1-24-15-10-23-21(24)16-25-11-6-18(7-12-25)22(27)26-13-8-17-4-3-5-20(28-2)19(17)9-14-26/h3-5,10,15,18H,6-9,11-14,16H2,1-2H3. The molecule has 3 heterocycles. The smallest absolute Gasteiger partial charge is 0.225 e. The number of carbonyl (C=O) groups excluding carboxylic acids is 1. The van der Waals surface area contributed by atoms with Crippen molar-refractivity contribution < 1.29 is 9.53 Å². The Morgan fingerprint density at radius 2 is 1.96 bits per heavy atom. The minimum absolute atomic E-state index is 0.153. The first kappa shape index (κ1) is 19.0. The molecular formula is C22H30N4O2. The average molecular weight is 383 g/mol. The number of imidazole rings is 1. The van der Waals surface area contributed by atoms with Crippen molar-refractivity contribution in [2.24, 2.45) is 13.0 Å². The van der Waals surface area contributed by atoms with Crippen LogP contribution >= 0.6 is 0 Å². The van der Waals surface area contributed by atoms with E-state index in [-0.39, 0.29) is 5.92 Å². The highest BCUT2D eigenvalue weighted by Gasteiger charge is 2.30. The number of aromatic nitrogens is 2. The van der Waals surface area contributed by atoms with Crippen LogP contribution in [0.3, 0.4) is 0 Å². The number of hydrogen-bond donors (Lipinski definition) is 0. The fourth-order valence-corrected chi connectivity index (χ4v) is 4.50. The first-order valence-electron chi connectivity index (χ1n) is 10.3. The molecule has 0 aliphatic carbocycles. The van der Waals surface area contributed by atoms with Crippen LogP contribution in [-0.4, -0.2) is 58.5 Å². The molecule has 6 heteroatoms. The zero-order valence-electron chi connectivity index (χ0n) is 16.9. The maximum atomic E-state index is 13.1. The Hall–Kier alpha value is -2.34. The van der Waals surface area contributed by atoms with Gasteiger partial charge >= 0.3 is 0 Å². The summed E-state index contributed by atoms with van der Waals surface area (Å²) in [5, 5.41) is 0. The number of fused-ring (bicyclic) bond motifs is 1. The van der Waals surface area contributed by atoms with Gasteiger partial charge in [0.15, 0.2) is 0 Å². The first-order chi connectivity index (χ1) is 13.7. The summed E-state index contributed by atoms with van der Waals surface area (Å²) in [6.45, 7) is 4.39. The third-order valence-corrected chi connectivity index (χ3v) is 6.27. The molecule has 0 unspecified atom stereocenters. The van der Waals surface area contributed by atoms with E-state index in [0.29, 0.717) is 5.91 Å². The van der Waals surface area contributed by atoms with Crippen LogP contribution in [-0.2, 0) is 31.2 Å². The number of rotatable bonds is 4. The normalized spacial score (nSPS) is 18.6. The van der Waals surface area contributed by atoms with Crippen molar-refractivity contribution in [3.63, 3.8) is 0 Å². The maximum absolute atomic E-state index is 13.1. The lowest BCUT2D eigenvalue weighted by Gasteiger charge is -2.33. The number of ether oxygens (including phenoxy) is 1. The van der Waals surface area contributed by atoms with Crippen molar-refractivity contribution in [2.45, 2.75) is 32.2 Å². The van der Waals surface area contributed by atoms with Gasteiger partial charge in [0.1, 0.15) is 11.6 Å². The summed E-state index contributed by atoms with van der Waals surface area (Å²) in [6, 6.07) is 6.24. The molecule has 1 fully saturated rings. The third kappa shape index (κ3) is 3.92. The minimum Gasteiger partial charge on any atom is -0.496 e. The topological polar surface area (TPSA) is 50.6 Å². The van der Waals surface area contributed by atoms with E-state index < -0.39 is 0 Å². The van der Waals surface area contributed by atoms with Crippen molar-refractivity contribution in [1.29, 1.82) is 0 Å². The molecule has 2 aliphatic heterocycles. The van der Waals surface area contributed by atoms with Crippen LogP contribution in [0, 0.1) is 5.92 Å². The van der Waals surface area contributed by atoms with Gasteiger partial charge in [0.2, 0.25) is 5.91 Å². The molecule has 28 heavy (non-hydrogen) atoms. The lowest BCUT2D eigenvalue weighted by Crippen LogP contribution is -2.43. The zero-order chi connectivity index (χ0) is 19.5. The van der Waals surface area contributed by atoms with Gasteiger partial charge in [-0.25, -0.2) is 4.98 Å². The molecule has 0 spiro atoms. The summed E-state index contributed by atoms with van der Waals surface area (Å²) < 4.78 is 7.60. The molecular weight excluding hydrogens is 352 g/mol. The van der Waals surface area contributed by atoms with Gasteiger partial charge in [0.05, 0.1) is 13.7 Å². The lowest BCUT2D eigenvalue weighted by molar-refractivity contribution is -0.137. The highest BCUT2D eigenvalue weighted by atomic mass is 16.5. The summed E-state index contributed by atoms with van der Waals surface area (Å²) in [4.78, 5) is 22.1. The minimum atomic E-state index is 0.153. The van der Waals surface area contributed by atoms with Gasteiger partial charge in [-0.15, -0.1) is 0 Å². The van der Waals surface area contributed by atoms with Crippen molar-refractivity contribution >= 4 is 5.91 Å². The highest BCUT2D eigenvalue weighted by Crippen LogP contribution is 2.27. The highest BCUT2D eigenvalue weighted by molar-refractivity contribution is 5.79. The van der Waals surface area contributed by atoms with E-state index in [0.717, 1.165) is 70.0 Å². The molecule has 0 radical (unpaired) electrons. The summed E-state index contributed by atoms with van der Waals surface area (Å²) in [5.74, 6) is 2.53. The first-order valence-corrected chi connectivity index (χ1v) is 10.3. The third-order valence-electron chi connectivity index (χ3n) is 6.27. The molecule has 1 amide bonds. The second-order valence-electron chi connectivity index (χ2n) is 7.93. The predicted octanol–water partition coefficient (Wildman–Crippen LogP) is 2.27. The monoisotopic (exact) mass is 382 g/mol. The van der Waals surface area contributed by atoms with Crippen LogP contribution in [0.5, 0.6) is 5.75 Å². The number of carbonyl (C=O) groups is 1. The van der Waals surface area contributed by atoms with Gasteiger partial charge in [-0.05, 0) is 56.0 Å². The number of likely N-dealkylation sites (tertiary alicyclic amines) is 1. The van der Waals surface area contributed by atoms with Gasteiger partial charge in [-0.2, -0.15) is 0 Å². The van der Waals surface area contributed by atoms with Gasteiger partial charge in [0, 0.05) is 38.4 Å². The summed E-state index contributed by atoms with van der Waals surface area (Å²) in [6.07, 6.45) is 7.50. The lowest BCUT2D eigenvalue weighted by atomic mass is 9.95. The molecule has 2 aliphatic rings. The van der Waals surface area contributed by atoms with Crippen molar-refractivity contribution in [2.75, 3.05) is 33.3 Å². The number of nitrogens with zero attached hydrogens (tertiary/aromatic N) is 4. The predicted molar refractivity (Wildman–Crippen MR) is 108 cm³/mol. The number of aryl methyl sites for hydroxylation is 1. The molecule has 4 rings (SSSR count). The second kappa shape index (κ2) is 8.35. The average Bonchev–Trinajstić information content (AvgIpc) is 3.00. The van der Waals surface area contributed by atoms with E-state index in [4.69, 9.17) is 4.74 Å². The number of piperidine rings is 1. The van der Waals surface area contributed by atoms with Crippen LogP contribution in [0.4, 0.5) is 0 Å². The summed E-state index contributed by atoms with van der Waals surface area (Å²) in [7, 11) is 3.76. The van der Waals surface area contributed by atoms with Gasteiger partial charge < -0.3 is 14.2 Å². The molecule has 0 bridgehead atoms. The Balaban J connectivity index is 1.33. The van der Waals surface area contributed by atoms with Crippen LogP contribution in [0.25, 0.3) is 0 Å². The van der Waals surface area contributed by atoms with Crippen LogP contribution in [0.1, 0.15) is 29.8 Å². The SMILES string of the molecule is COc1cccc2c1CCN(C(=O)C1CCN(Cc3nccn3C)CC1)CC2. The Morgan fingerprint density at radius 3 is 2.68 bits per heavy atom. The molecule has 1 aromatic heterocycles. The molecule has 6 nitrogen and oxygen atoms in total. The molecule has 2 aromatic rings. The fourth-order valence-electron chi connectivity index (χ4n) is 4.50. The number of benzene rings is 1. The summed E-state index contributed by atoms with van der Waals surface area (Å²) in [5.41, 5.74) is 2.59. The van der Waals surface area contributed by atoms with Crippen LogP contribution in [0.15, 0.2) is 30.6 Å². The van der Waals surface area contributed by atoms with Gasteiger partial charge in [-0.3, -0.25) is 9.69 Å². The van der Waals surface area contributed by atoms with Crippen LogP contribution < -0.4 is 4.74 Å². The molecule has 1 aromatic carbocycles. The zero-order valence-corrected chi connectivity index (χ0v) is 16.9. The van der Waals surface area contributed by atoms with E-state index >= 15 is 0 Å². The quantitative estimate of drug-likeness (QED) is 0.814. The molecule has 0 N–H and O–H groups in total. The number of hydrogen-bond acceptors (Lipinski definition) is 4. The Labute approximate surface area is 167 Å². The van der Waals surface area contributed by atoms with E-state index in [1.807, 2.05) is 31.6 Å². The van der Waals surface area contributed by atoms with Crippen molar-refractivity contribution in [3.05, 3.63) is 47.5 Å². The number of amides is 1. The fraction of sp³-hybridized carbons (Fsp3) is 0.545. The van der Waals surface area contributed by atoms with Gasteiger partial charge in [-0.1, -0.05) is 12.1 Å². The van der Waals surface area contributed by atoms with Crippen LogP contribution in [0.2, 0.25) is 0 Å².